The van der Waals surface area contributed by atoms with Crippen molar-refractivity contribution in [3.63, 3.8) is 0 Å². The van der Waals surface area contributed by atoms with Gasteiger partial charge in [-0.05, 0) is 18.2 Å². The van der Waals surface area contributed by atoms with E-state index >= 15 is 0 Å². The Hall–Kier alpha value is -1.15. The van der Waals surface area contributed by atoms with Gasteiger partial charge in [-0.1, -0.05) is 18.2 Å². The Kier molecular flexibility index (Phi) is 1.92. The van der Waals surface area contributed by atoms with Gasteiger partial charge in [0.25, 0.3) is 0 Å². The highest BCUT2D eigenvalue weighted by Gasteiger charge is 2.02. The van der Waals surface area contributed by atoms with Crippen LogP contribution in [0.4, 0.5) is 0 Å². The first-order valence-electron chi connectivity index (χ1n) is 3.70. The Morgan fingerprint density at radius 3 is 2.50 bits per heavy atom. The smallest absolute Gasteiger partial charge is 0.134 e. The first kappa shape index (κ1) is 7.50. The van der Waals surface area contributed by atoms with Crippen molar-refractivity contribution in [1.82, 2.24) is 0 Å². The predicted molar refractivity (Wildman–Crippen MR) is 51.4 cm³/mol. The monoisotopic (exact) mass is 176 g/mol. The van der Waals surface area contributed by atoms with Crippen molar-refractivity contribution in [3.05, 3.63) is 42.7 Å². The van der Waals surface area contributed by atoms with Gasteiger partial charge >= 0.3 is 0 Å². The standard InChI is InChI=1S/C10H8OS/c12-10-6-2-1-4-8(10)9-5-3-7-11-9/h1-7,12H. The zero-order valence-electron chi connectivity index (χ0n) is 6.40. The lowest BCUT2D eigenvalue weighted by atomic mass is 10.2. The molecular weight excluding hydrogens is 168 g/mol. The van der Waals surface area contributed by atoms with E-state index in [1.54, 1.807) is 6.26 Å². The molecule has 1 aromatic heterocycles. The topological polar surface area (TPSA) is 13.1 Å². The first-order chi connectivity index (χ1) is 5.88. The fourth-order valence-electron chi connectivity index (χ4n) is 1.11. The first-order valence-corrected chi connectivity index (χ1v) is 4.14. The van der Waals surface area contributed by atoms with Gasteiger partial charge in [0.05, 0.1) is 6.26 Å². The molecule has 0 saturated carbocycles. The fraction of sp³-hybridized carbons (Fsp3) is 0. The van der Waals surface area contributed by atoms with Crippen LogP contribution in [0.15, 0.2) is 52.0 Å². The second kappa shape index (κ2) is 3.07. The highest BCUT2D eigenvalue weighted by molar-refractivity contribution is 7.80. The summed E-state index contributed by atoms with van der Waals surface area (Å²) in [7, 11) is 0. The van der Waals surface area contributed by atoms with Gasteiger partial charge in [-0.2, -0.15) is 0 Å². The molecule has 0 N–H and O–H groups in total. The van der Waals surface area contributed by atoms with Crippen LogP contribution in [0.2, 0.25) is 0 Å². The van der Waals surface area contributed by atoms with E-state index in [1.165, 1.54) is 0 Å². The van der Waals surface area contributed by atoms with E-state index in [9.17, 15) is 0 Å². The SMILES string of the molecule is Sc1ccccc1-c1ccco1. The maximum absolute atomic E-state index is 5.25. The Labute approximate surface area is 76.4 Å². The van der Waals surface area contributed by atoms with Gasteiger partial charge in [-0.3, -0.25) is 0 Å². The number of hydrogen-bond donors (Lipinski definition) is 1. The van der Waals surface area contributed by atoms with Crippen molar-refractivity contribution < 1.29 is 4.42 Å². The molecular formula is C10H8OS. The summed E-state index contributed by atoms with van der Waals surface area (Å²) in [6.07, 6.45) is 1.66. The minimum absolute atomic E-state index is 0.862. The van der Waals surface area contributed by atoms with Crippen molar-refractivity contribution in [3.8, 4) is 11.3 Å². The summed E-state index contributed by atoms with van der Waals surface area (Å²) in [6.45, 7) is 0. The van der Waals surface area contributed by atoms with E-state index < -0.39 is 0 Å². The maximum Gasteiger partial charge on any atom is 0.134 e. The normalized spacial score (nSPS) is 10.1. The molecule has 0 unspecified atom stereocenters. The molecule has 2 heteroatoms. The molecule has 1 nitrogen and oxygen atoms in total. The van der Waals surface area contributed by atoms with Crippen molar-refractivity contribution >= 4 is 12.6 Å². The van der Waals surface area contributed by atoms with Crippen molar-refractivity contribution in [2.75, 3.05) is 0 Å². The number of furan rings is 1. The van der Waals surface area contributed by atoms with E-state index in [-0.39, 0.29) is 0 Å². The van der Waals surface area contributed by atoms with Crippen LogP contribution >= 0.6 is 12.6 Å². The average molecular weight is 176 g/mol. The molecule has 2 rings (SSSR count). The van der Waals surface area contributed by atoms with Crippen molar-refractivity contribution in [2.45, 2.75) is 4.90 Å². The zero-order valence-corrected chi connectivity index (χ0v) is 7.29. The summed E-state index contributed by atoms with van der Waals surface area (Å²) >= 11 is 4.32. The molecule has 0 fully saturated rings. The quantitative estimate of drug-likeness (QED) is 0.658. The van der Waals surface area contributed by atoms with E-state index in [0.717, 1.165) is 16.2 Å². The molecule has 0 radical (unpaired) electrons. The van der Waals surface area contributed by atoms with Crippen molar-refractivity contribution in [2.24, 2.45) is 0 Å². The molecule has 0 amide bonds. The summed E-state index contributed by atoms with van der Waals surface area (Å²) in [6, 6.07) is 11.7. The molecule has 0 spiro atoms. The summed E-state index contributed by atoms with van der Waals surface area (Å²) in [5, 5.41) is 0. The van der Waals surface area contributed by atoms with Crippen LogP contribution in [0.5, 0.6) is 0 Å². The lowest BCUT2D eigenvalue weighted by Gasteiger charge is -1.98. The summed E-state index contributed by atoms with van der Waals surface area (Å²) in [5.74, 6) is 0.862. The van der Waals surface area contributed by atoms with Crippen LogP contribution in [0.25, 0.3) is 11.3 Å². The van der Waals surface area contributed by atoms with Gasteiger partial charge in [0.2, 0.25) is 0 Å². The van der Waals surface area contributed by atoms with E-state index in [1.807, 2.05) is 36.4 Å². The predicted octanol–water partition coefficient (Wildman–Crippen LogP) is 3.24. The summed E-state index contributed by atoms with van der Waals surface area (Å²) < 4.78 is 5.25. The average Bonchev–Trinajstić information content (AvgIpc) is 2.57. The zero-order chi connectivity index (χ0) is 8.39. The highest BCUT2D eigenvalue weighted by atomic mass is 32.1. The van der Waals surface area contributed by atoms with E-state index in [4.69, 9.17) is 4.42 Å². The second-order valence-electron chi connectivity index (χ2n) is 2.49. The van der Waals surface area contributed by atoms with Gasteiger partial charge in [-0.25, -0.2) is 0 Å². The van der Waals surface area contributed by atoms with Crippen LogP contribution in [0.1, 0.15) is 0 Å². The molecule has 0 atom stereocenters. The highest BCUT2D eigenvalue weighted by Crippen LogP contribution is 2.25. The Morgan fingerprint density at radius 1 is 1.00 bits per heavy atom. The Balaban J connectivity index is 2.55. The molecule has 0 bridgehead atoms. The molecule has 0 aliphatic rings. The van der Waals surface area contributed by atoms with Gasteiger partial charge in [0.15, 0.2) is 0 Å². The molecule has 12 heavy (non-hydrogen) atoms. The largest absolute Gasteiger partial charge is 0.464 e. The van der Waals surface area contributed by atoms with Crippen LogP contribution in [-0.4, -0.2) is 0 Å². The van der Waals surface area contributed by atoms with E-state index in [0.29, 0.717) is 0 Å². The lowest BCUT2D eigenvalue weighted by molar-refractivity contribution is 0.581. The number of thiol groups is 1. The minimum atomic E-state index is 0.862. The molecule has 0 aliphatic carbocycles. The van der Waals surface area contributed by atoms with Crippen LogP contribution in [0, 0.1) is 0 Å². The molecule has 1 heterocycles. The van der Waals surface area contributed by atoms with Crippen LogP contribution in [0.3, 0.4) is 0 Å². The molecule has 0 aliphatic heterocycles. The summed E-state index contributed by atoms with van der Waals surface area (Å²) in [4.78, 5) is 0.937. The third-order valence-electron chi connectivity index (χ3n) is 1.69. The fourth-order valence-corrected chi connectivity index (χ4v) is 1.38. The van der Waals surface area contributed by atoms with E-state index in [2.05, 4.69) is 12.6 Å². The Bertz CT molecular complexity index is 365. The van der Waals surface area contributed by atoms with Gasteiger partial charge in [0, 0.05) is 10.5 Å². The lowest BCUT2D eigenvalue weighted by Crippen LogP contribution is -1.74. The second-order valence-corrected chi connectivity index (χ2v) is 2.98. The van der Waals surface area contributed by atoms with Crippen LogP contribution < -0.4 is 0 Å². The van der Waals surface area contributed by atoms with Gasteiger partial charge in [-0.15, -0.1) is 12.6 Å². The van der Waals surface area contributed by atoms with Gasteiger partial charge < -0.3 is 4.42 Å². The van der Waals surface area contributed by atoms with Crippen molar-refractivity contribution in [1.29, 1.82) is 0 Å². The van der Waals surface area contributed by atoms with Crippen LogP contribution in [-0.2, 0) is 0 Å². The minimum Gasteiger partial charge on any atom is -0.464 e. The molecule has 60 valence electrons. The molecule has 0 saturated heterocycles. The third kappa shape index (κ3) is 1.25. The number of rotatable bonds is 1. The molecule has 2 aromatic rings. The third-order valence-corrected chi connectivity index (χ3v) is 2.08. The molecule has 1 aromatic carbocycles. The summed E-state index contributed by atoms with van der Waals surface area (Å²) in [5.41, 5.74) is 1.03. The number of benzene rings is 1. The Morgan fingerprint density at radius 2 is 1.83 bits per heavy atom. The maximum atomic E-state index is 5.25. The number of hydrogen-bond acceptors (Lipinski definition) is 2. The van der Waals surface area contributed by atoms with Gasteiger partial charge in [0.1, 0.15) is 5.76 Å².